The number of hydrogen-bond donors (Lipinski definition) is 3. The third kappa shape index (κ3) is 4.35. The zero-order valence-corrected chi connectivity index (χ0v) is 14.8. The van der Waals surface area contributed by atoms with Gasteiger partial charge in [0, 0.05) is 18.4 Å². The van der Waals surface area contributed by atoms with Gasteiger partial charge >= 0.3 is 5.97 Å². The van der Waals surface area contributed by atoms with Crippen molar-refractivity contribution in [1.82, 2.24) is 15.0 Å². The third-order valence-corrected chi connectivity index (χ3v) is 3.98. The van der Waals surface area contributed by atoms with Gasteiger partial charge in [0.15, 0.2) is 0 Å². The van der Waals surface area contributed by atoms with Crippen molar-refractivity contribution in [3.05, 3.63) is 71.4 Å². The highest BCUT2D eigenvalue weighted by Crippen LogP contribution is 2.26. The number of pyridine rings is 1. The third-order valence-electron chi connectivity index (χ3n) is 3.98. The van der Waals surface area contributed by atoms with Crippen molar-refractivity contribution in [3.8, 4) is 0 Å². The summed E-state index contributed by atoms with van der Waals surface area (Å²) in [5, 5.41) is 15.6. The molecular formula is C19H18FN5O2. The molecule has 3 rings (SSSR count). The SMILES string of the molecule is Cc1cc(C(=O)O)c(N[C@@H](C)c2ccc(F)cc2)nc1Nc1cnccn1. The molecule has 1 atom stereocenters. The molecule has 0 aliphatic rings. The minimum Gasteiger partial charge on any atom is -0.478 e. The van der Waals surface area contributed by atoms with E-state index in [0.29, 0.717) is 17.2 Å². The molecule has 8 heteroatoms. The van der Waals surface area contributed by atoms with Crippen molar-refractivity contribution in [2.45, 2.75) is 19.9 Å². The Morgan fingerprint density at radius 3 is 2.56 bits per heavy atom. The number of aryl methyl sites for hydroxylation is 1. The molecule has 0 spiro atoms. The van der Waals surface area contributed by atoms with Gasteiger partial charge in [0.1, 0.15) is 28.8 Å². The molecule has 3 N–H and O–H groups in total. The number of benzene rings is 1. The van der Waals surface area contributed by atoms with Crippen LogP contribution in [0.4, 0.5) is 21.8 Å². The molecule has 2 aromatic heterocycles. The zero-order chi connectivity index (χ0) is 19.4. The van der Waals surface area contributed by atoms with Gasteiger partial charge in [0.25, 0.3) is 0 Å². The van der Waals surface area contributed by atoms with Gasteiger partial charge in [-0.1, -0.05) is 12.1 Å². The number of anilines is 3. The Bertz CT molecular complexity index is 948. The zero-order valence-electron chi connectivity index (χ0n) is 14.8. The highest BCUT2D eigenvalue weighted by Gasteiger charge is 2.18. The first-order valence-corrected chi connectivity index (χ1v) is 8.24. The molecule has 0 unspecified atom stereocenters. The largest absolute Gasteiger partial charge is 0.478 e. The maximum Gasteiger partial charge on any atom is 0.339 e. The molecule has 2 heterocycles. The van der Waals surface area contributed by atoms with Crippen LogP contribution in [0.2, 0.25) is 0 Å². The average Bonchev–Trinajstić information content (AvgIpc) is 2.65. The van der Waals surface area contributed by atoms with Gasteiger partial charge in [0.2, 0.25) is 0 Å². The van der Waals surface area contributed by atoms with Crippen molar-refractivity contribution < 1.29 is 14.3 Å². The number of aromatic carboxylic acids is 1. The van der Waals surface area contributed by atoms with Crippen LogP contribution >= 0.6 is 0 Å². The van der Waals surface area contributed by atoms with E-state index in [1.54, 1.807) is 37.6 Å². The number of carboxylic acids is 1. The van der Waals surface area contributed by atoms with Gasteiger partial charge in [-0.05, 0) is 43.2 Å². The molecule has 0 aliphatic heterocycles. The summed E-state index contributed by atoms with van der Waals surface area (Å²) in [4.78, 5) is 24.2. The monoisotopic (exact) mass is 367 g/mol. The van der Waals surface area contributed by atoms with Crippen LogP contribution in [-0.4, -0.2) is 26.0 Å². The first kappa shape index (κ1) is 18.2. The molecule has 0 aliphatic carbocycles. The Morgan fingerprint density at radius 2 is 1.93 bits per heavy atom. The highest BCUT2D eigenvalue weighted by molar-refractivity contribution is 5.94. The Kier molecular flexibility index (Phi) is 5.25. The molecule has 0 radical (unpaired) electrons. The Balaban J connectivity index is 1.93. The van der Waals surface area contributed by atoms with Crippen LogP contribution in [0.3, 0.4) is 0 Å². The molecule has 7 nitrogen and oxygen atoms in total. The molecule has 0 amide bonds. The minimum atomic E-state index is -1.09. The summed E-state index contributed by atoms with van der Waals surface area (Å²) < 4.78 is 13.1. The summed E-state index contributed by atoms with van der Waals surface area (Å²) in [6.07, 6.45) is 4.63. The maximum absolute atomic E-state index is 13.1. The summed E-state index contributed by atoms with van der Waals surface area (Å²) in [5.41, 5.74) is 1.50. The molecule has 138 valence electrons. The van der Waals surface area contributed by atoms with Crippen molar-refractivity contribution >= 4 is 23.4 Å². The molecular weight excluding hydrogens is 349 g/mol. The smallest absolute Gasteiger partial charge is 0.339 e. The lowest BCUT2D eigenvalue weighted by Gasteiger charge is -2.18. The Morgan fingerprint density at radius 1 is 1.19 bits per heavy atom. The first-order valence-electron chi connectivity index (χ1n) is 8.24. The second-order valence-electron chi connectivity index (χ2n) is 5.99. The highest BCUT2D eigenvalue weighted by atomic mass is 19.1. The van der Waals surface area contributed by atoms with E-state index in [1.165, 1.54) is 18.2 Å². The molecule has 0 saturated carbocycles. The fourth-order valence-corrected chi connectivity index (χ4v) is 2.54. The van der Waals surface area contributed by atoms with Gasteiger partial charge < -0.3 is 15.7 Å². The second kappa shape index (κ2) is 7.77. The fraction of sp³-hybridized carbons (Fsp3) is 0.158. The number of nitrogens with zero attached hydrogens (tertiary/aromatic N) is 3. The van der Waals surface area contributed by atoms with Crippen LogP contribution in [0.1, 0.15) is 34.5 Å². The number of hydrogen-bond acceptors (Lipinski definition) is 6. The van der Waals surface area contributed by atoms with E-state index in [4.69, 9.17) is 0 Å². The van der Waals surface area contributed by atoms with E-state index in [0.717, 1.165) is 5.56 Å². The predicted molar refractivity (Wildman–Crippen MR) is 99.7 cm³/mol. The lowest BCUT2D eigenvalue weighted by Crippen LogP contribution is -2.14. The number of carboxylic acid groups (broad SMARTS) is 1. The van der Waals surface area contributed by atoms with E-state index in [2.05, 4.69) is 25.6 Å². The quantitative estimate of drug-likeness (QED) is 0.607. The molecule has 0 saturated heterocycles. The van der Waals surface area contributed by atoms with Crippen molar-refractivity contribution in [2.75, 3.05) is 10.6 Å². The summed E-state index contributed by atoms with van der Waals surface area (Å²) in [6, 6.07) is 7.25. The lowest BCUT2D eigenvalue weighted by atomic mass is 10.1. The molecule has 1 aromatic carbocycles. The molecule has 0 bridgehead atoms. The predicted octanol–water partition coefficient (Wildman–Crippen LogP) is 3.93. The molecule has 0 fully saturated rings. The van der Waals surface area contributed by atoms with Crippen LogP contribution in [0, 0.1) is 12.7 Å². The van der Waals surface area contributed by atoms with E-state index < -0.39 is 5.97 Å². The number of aromatic nitrogens is 3. The average molecular weight is 367 g/mol. The van der Waals surface area contributed by atoms with Crippen molar-refractivity contribution in [1.29, 1.82) is 0 Å². The number of rotatable bonds is 6. The summed E-state index contributed by atoms with van der Waals surface area (Å²) >= 11 is 0. The van der Waals surface area contributed by atoms with Crippen molar-refractivity contribution in [3.63, 3.8) is 0 Å². The van der Waals surface area contributed by atoms with E-state index in [-0.39, 0.29) is 23.2 Å². The van der Waals surface area contributed by atoms with Crippen LogP contribution in [-0.2, 0) is 0 Å². The molecule has 3 aromatic rings. The standard InChI is InChI=1S/C19H18FN5O2/c1-11-9-15(19(26)27)18(23-12(2)13-3-5-14(20)6-4-13)25-17(11)24-16-10-21-7-8-22-16/h3-10,12H,1-2H3,(H,26,27)(H2,22,23,24,25)/t12-/m0/s1. The van der Waals surface area contributed by atoms with E-state index in [9.17, 15) is 14.3 Å². The Labute approximate surface area is 155 Å². The number of halogens is 1. The van der Waals surface area contributed by atoms with Gasteiger partial charge in [-0.3, -0.25) is 4.98 Å². The maximum atomic E-state index is 13.1. The van der Waals surface area contributed by atoms with E-state index >= 15 is 0 Å². The minimum absolute atomic E-state index is 0.0474. The number of nitrogens with one attached hydrogen (secondary N) is 2. The van der Waals surface area contributed by atoms with Crippen LogP contribution < -0.4 is 10.6 Å². The van der Waals surface area contributed by atoms with E-state index in [1.807, 2.05) is 6.92 Å². The summed E-state index contributed by atoms with van der Waals surface area (Å²) in [7, 11) is 0. The first-order chi connectivity index (χ1) is 12.9. The fourth-order valence-electron chi connectivity index (χ4n) is 2.54. The number of carbonyl (C=O) groups is 1. The second-order valence-corrected chi connectivity index (χ2v) is 5.99. The van der Waals surface area contributed by atoms with Crippen molar-refractivity contribution in [2.24, 2.45) is 0 Å². The topological polar surface area (TPSA) is 100 Å². The summed E-state index contributed by atoms with van der Waals surface area (Å²) in [5.74, 6) is -0.258. The lowest BCUT2D eigenvalue weighted by molar-refractivity contribution is 0.0697. The van der Waals surface area contributed by atoms with Gasteiger partial charge in [-0.2, -0.15) is 0 Å². The molecule has 27 heavy (non-hydrogen) atoms. The van der Waals surface area contributed by atoms with Gasteiger partial charge in [-0.15, -0.1) is 0 Å². The summed E-state index contributed by atoms with van der Waals surface area (Å²) in [6.45, 7) is 3.60. The Hall–Kier alpha value is -3.55. The van der Waals surface area contributed by atoms with Crippen LogP contribution in [0.25, 0.3) is 0 Å². The van der Waals surface area contributed by atoms with Crippen LogP contribution in [0.5, 0.6) is 0 Å². The normalized spacial score (nSPS) is 11.7. The van der Waals surface area contributed by atoms with Crippen LogP contribution in [0.15, 0.2) is 48.9 Å². The van der Waals surface area contributed by atoms with Gasteiger partial charge in [0.05, 0.1) is 6.20 Å². The van der Waals surface area contributed by atoms with Gasteiger partial charge in [-0.25, -0.2) is 19.2 Å².